The van der Waals surface area contributed by atoms with E-state index < -0.39 is 5.97 Å². The number of carbonyl (C=O) groups is 1. The van der Waals surface area contributed by atoms with Crippen molar-refractivity contribution in [2.24, 2.45) is 5.10 Å². The number of fused-ring (bicyclic) bond motifs is 2. The van der Waals surface area contributed by atoms with Gasteiger partial charge in [0, 0.05) is 16.3 Å². The number of nitrogens with one attached hydrogen (secondary N) is 1. The molecule has 0 aliphatic rings. The van der Waals surface area contributed by atoms with E-state index in [0.29, 0.717) is 10.7 Å². The maximum absolute atomic E-state index is 11.0. The van der Waals surface area contributed by atoms with Crippen LogP contribution in [-0.4, -0.2) is 12.2 Å². The molecule has 27 heavy (non-hydrogen) atoms. The Hall–Kier alpha value is -3.37. The first kappa shape index (κ1) is 17.1. The van der Waals surface area contributed by atoms with Gasteiger partial charge in [0.1, 0.15) is 0 Å². The van der Waals surface area contributed by atoms with E-state index in [1.54, 1.807) is 18.3 Å². The van der Waals surface area contributed by atoms with Crippen LogP contribution in [0.4, 0.5) is 5.69 Å². The second-order valence-corrected chi connectivity index (χ2v) is 6.44. The molecule has 4 aromatic rings. The molecule has 4 aromatic carbocycles. The van der Waals surface area contributed by atoms with Crippen molar-refractivity contribution >= 4 is 51.0 Å². The van der Waals surface area contributed by atoms with Gasteiger partial charge in [-0.3, -0.25) is 5.43 Å². The lowest BCUT2D eigenvalue weighted by Crippen LogP contribution is -2.22. The molecule has 4 rings (SSSR count). The zero-order chi connectivity index (χ0) is 18.8. The molecule has 5 heteroatoms. The van der Waals surface area contributed by atoms with Crippen molar-refractivity contribution in [1.82, 2.24) is 0 Å². The minimum atomic E-state index is -1.22. The fourth-order valence-corrected chi connectivity index (χ4v) is 3.46. The SMILES string of the molecule is O=C([O-])c1cccc(N/N=C\c2c3ccccc3c(Cl)c3ccccc23)c1. The number of benzene rings is 4. The third-order valence-corrected chi connectivity index (χ3v) is 4.80. The minimum absolute atomic E-state index is 0.0950. The zero-order valence-corrected chi connectivity index (χ0v) is 14.9. The summed E-state index contributed by atoms with van der Waals surface area (Å²) in [5, 5.41) is 19.9. The van der Waals surface area contributed by atoms with Crippen molar-refractivity contribution in [3.05, 3.63) is 88.9 Å². The lowest BCUT2D eigenvalue weighted by Gasteiger charge is -2.11. The predicted molar refractivity (Wildman–Crippen MR) is 108 cm³/mol. The van der Waals surface area contributed by atoms with Gasteiger partial charge in [-0.2, -0.15) is 5.10 Å². The van der Waals surface area contributed by atoms with Crippen molar-refractivity contribution < 1.29 is 9.90 Å². The summed E-state index contributed by atoms with van der Waals surface area (Å²) in [6.07, 6.45) is 1.73. The molecule has 0 aliphatic carbocycles. The Morgan fingerprint density at radius 3 is 2.07 bits per heavy atom. The van der Waals surface area contributed by atoms with Gasteiger partial charge in [0.05, 0.1) is 22.9 Å². The number of carboxylic acids is 1. The van der Waals surface area contributed by atoms with E-state index >= 15 is 0 Å². The smallest absolute Gasteiger partial charge is 0.0716 e. The molecule has 132 valence electrons. The molecule has 0 fully saturated rings. The van der Waals surface area contributed by atoms with Crippen LogP contribution in [0, 0.1) is 0 Å². The van der Waals surface area contributed by atoms with Crippen molar-refractivity contribution in [3.63, 3.8) is 0 Å². The second kappa shape index (κ2) is 7.09. The fraction of sp³-hybridized carbons (Fsp3) is 0. The molecular formula is C22H14ClN2O2-. The van der Waals surface area contributed by atoms with Crippen LogP contribution in [0.25, 0.3) is 21.5 Å². The van der Waals surface area contributed by atoms with E-state index in [9.17, 15) is 9.90 Å². The molecular weight excluding hydrogens is 360 g/mol. The summed E-state index contributed by atoms with van der Waals surface area (Å²) >= 11 is 6.60. The zero-order valence-electron chi connectivity index (χ0n) is 14.1. The highest BCUT2D eigenvalue weighted by molar-refractivity contribution is 6.42. The molecule has 0 saturated heterocycles. The Kier molecular flexibility index (Phi) is 4.48. The standard InChI is InChI=1S/C22H15ClN2O2/c23-21-18-10-3-1-8-16(18)20(17-9-2-4-11-19(17)21)13-24-25-15-7-5-6-14(12-15)22(26)27/h1-13,25H,(H,26,27)/p-1/b24-13-. The summed E-state index contributed by atoms with van der Waals surface area (Å²) in [5.41, 5.74) is 4.48. The number of hydrogen-bond acceptors (Lipinski definition) is 4. The van der Waals surface area contributed by atoms with Gasteiger partial charge in [-0.15, -0.1) is 0 Å². The summed E-state index contributed by atoms with van der Waals surface area (Å²) in [5.74, 6) is -1.22. The van der Waals surface area contributed by atoms with Gasteiger partial charge in [-0.1, -0.05) is 72.3 Å². The number of rotatable bonds is 4. The monoisotopic (exact) mass is 373 g/mol. The number of aromatic carboxylic acids is 1. The first-order valence-electron chi connectivity index (χ1n) is 8.34. The predicted octanol–water partition coefficient (Wildman–Crippen LogP) is 4.46. The van der Waals surface area contributed by atoms with Gasteiger partial charge < -0.3 is 9.90 Å². The maximum Gasteiger partial charge on any atom is 0.0716 e. The van der Waals surface area contributed by atoms with Crippen molar-refractivity contribution in [2.75, 3.05) is 5.43 Å². The highest BCUT2D eigenvalue weighted by Crippen LogP contribution is 2.35. The van der Waals surface area contributed by atoms with Crippen molar-refractivity contribution in [2.45, 2.75) is 0 Å². The normalized spacial score (nSPS) is 11.3. The van der Waals surface area contributed by atoms with Gasteiger partial charge in [0.15, 0.2) is 0 Å². The molecule has 0 atom stereocenters. The Balaban J connectivity index is 1.79. The van der Waals surface area contributed by atoms with Crippen LogP contribution in [0.5, 0.6) is 0 Å². The maximum atomic E-state index is 11.0. The van der Waals surface area contributed by atoms with E-state index in [-0.39, 0.29) is 5.56 Å². The van der Waals surface area contributed by atoms with Crippen LogP contribution < -0.4 is 10.5 Å². The first-order valence-corrected chi connectivity index (χ1v) is 8.72. The minimum Gasteiger partial charge on any atom is -0.545 e. The number of carbonyl (C=O) groups excluding carboxylic acids is 1. The molecule has 0 unspecified atom stereocenters. The summed E-state index contributed by atoms with van der Waals surface area (Å²) in [4.78, 5) is 11.0. The largest absolute Gasteiger partial charge is 0.545 e. The van der Waals surface area contributed by atoms with E-state index in [1.165, 1.54) is 12.1 Å². The summed E-state index contributed by atoms with van der Waals surface area (Å²) in [7, 11) is 0. The Morgan fingerprint density at radius 1 is 0.889 bits per heavy atom. The van der Waals surface area contributed by atoms with Crippen LogP contribution in [0.3, 0.4) is 0 Å². The van der Waals surface area contributed by atoms with E-state index in [0.717, 1.165) is 27.1 Å². The number of anilines is 1. The molecule has 0 spiro atoms. The van der Waals surface area contributed by atoms with Gasteiger partial charge >= 0.3 is 0 Å². The average Bonchev–Trinajstić information content (AvgIpc) is 2.71. The van der Waals surface area contributed by atoms with Crippen LogP contribution >= 0.6 is 11.6 Å². The fourth-order valence-electron chi connectivity index (χ4n) is 3.14. The molecule has 0 radical (unpaired) electrons. The number of hydrazone groups is 1. The van der Waals surface area contributed by atoms with Crippen LogP contribution in [0.15, 0.2) is 77.9 Å². The highest BCUT2D eigenvalue weighted by atomic mass is 35.5. The van der Waals surface area contributed by atoms with Gasteiger partial charge in [-0.05, 0) is 28.5 Å². The summed E-state index contributed by atoms with van der Waals surface area (Å²) < 4.78 is 0. The van der Waals surface area contributed by atoms with Gasteiger partial charge in [0.2, 0.25) is 0 Å². The lowest BCUT2D eigenvalue weighted by atomic mass is 9.97. The Labute approximate surface area is 160 Å². The average molecular weight is 374 g/mol. The Bertz CT molecular complexity index is 1140. The second-order valence-electron chi connectivity index (χ2n) is 6.06. The van der Waals surface area contributed by atoms with Crippen LogP contribution in [-0.2, 0) is 0 Å². The Morgan fingerprint density at radius 2 is 1.48 bits per heavy atom. The molecule has 0 amide bonds. The van der Waals surface area contributed by atoms with E-state index in [2.05, 4.69) is 10.5 Å². The number of halogens is 1. The van der Waals surface area contributed by atoms with Crippen LogP contribution in [0.2, 0.25) is 5.02 Å². The van der Waals surface area contributed by atoms with Gasteiger partial charge in [-0.25, -0.2) is 0 Å². The number of hydrogen-bond donors (Lipinski definition) is 1. The summed E-state index contributed by atoms with van der Waals surface area (Å²) in [6.45, 7) is 0. The highest BCUT2D eigenvalue weighted by Gasteiger charge is 2.10. The first-order chi connectivity index (χ1) is 13.1. The molecule has 0 heterocycles. The summed E-state index contributed by atoms with van der Waals surface area (Å²) in [6, 6.07) is 22.1. The lowest BCUT2D eigenvalue weighted by molar-refractivity contribution is -0.255. The van der Waals surface area contributed by atoms with Gasteiger partial charge in [0.25, 0.3) is 0 Å². The molecule has 0 aliphatic heterocycles. The topological polar surface area (TPSA) is 64.5 Å². The number of carboxylic acid groups (broad SMARTS) is 1. The molecule has 1 N–H and O–H groups in total. The number of nitrogens with zero attached hydrogens (tertiary/aromatic N) is 1. The van der Waals surface area contributed by atoms with Crippen molar-refractivity contribution in [1.29, 1.82) is 0 Å². The molecule has 0 bridgehead atoms. The van der Waals surface area contributed by atoms with E-state index in [4.69, 9.17) is 11.6 Å². The quantitative estimate of drug-likeness (QED) is 0.326. The third kappa shape index (κ3) is 3.23. The van der Waals surface area contributed by atoms with E-state index in [1.807, 2.05) is 48.5 Å². The van der Waals surface area contributed by atoms with Crippen molar-refractivity contribution in [3.8, 4) is 0 Å². The van der Waals surface area contributed by atoms with Crippen LogP contribution in [0.1, 0.15) is 15.9 Å². The third-order valence-electron chi connectivity index (χ3n) is 4.39. The molecule has 0 aromatic heterocycles. The molecule has 0 saturated carbocycles. The molecule has 4 nitrogen and oxygen atoms in total.